The molecule has 0 unspecified atom stereocenters. The predicted octanol–water partition coefficient (Wildman–Crippen LogP) is 3.24. The summed E-state index contributed by atoms with van der Waals surface area (Å²) in [6.45, 7) is 4.35. The second-order valence-electron chi connectivity index (χ2n) is 3.86. The number of anilines is 2. The average molecular weight is 287 g/mol. The van der Waals surface area contributed by atoms with Gasteiger partial charge in [0.1, 0.15) is 0 Å². The van der Waals surface area contributed by atoms with Crippen LogP contribution in [0.2, 0.25) is 0 Å². The van der Waals surface area contributed by atoms with Crippen LogP contribution in [-0.2, 0) is 4.74 Å². The number of nitrogens with one attached hydrogen (secondary N) is 1. The van der Waals surface area contributed by atoms with Crippen molar-refractivity contribution in [2.75, 3.05) is 17.7 Å². The Morgan fingerprint density at radius 3 is 2.88 bits per heavy atom. The number of carbonyl (C=O) groups excluding carboxylic acids is 1. The lowest BCUT2D eigenvalue weighted by atomic mass is 10.2. The zero-order chi connectivity index (χ0) is 12.1. The minimum atomic E-state index is -0.472. The quantitative estimate of drug-likeness (QED) is 0.839. The molecule has 0 saturated heterocycles. The normalized spacial score (nSPS) is 10.2. The van der Waals surface area contributed by atoms with Gasteiger partial charge in [0.15, 0.2) is 0 Å². The lowest BCUT2D eigenvalue weighted by molar-refractivity contribution is 0.147. The van der Waals surface area contributed by atoms with Gasteiger partial charge in [0.2, 0.25) is 0 Å². The number of halogens is 1. The fraction of sp³-hybridized carbons (Fsp3) is 0.364. The SMILES string of the molecule is CC(C)COC(=O)Nc1cc(N)ccc1Br. The van der Waals surface area contributed by atoms with Crippen molar-refractivity contribution in [3.8, 4) is 0 Å². The number of nitrogens with two attached hydrogens (primary N) is 1. The van der Waals surface area contributed by atoms with Gasteiger partial charge in [0.05, 0.1) is 12.3 Å². The molecular formula is C11H15BrN2O2. The van der Waals surface area contributed by atoms with Gasteiger partial charge in [-0.15, -0.1) is 0 Å². The standard InChI is InChI=1S/C11H15BrN2O2/c1-7(2)6-16-11(15)14-10-5-8(13)3-4-9(10)12/h3-5,7H,6,13H2,1-2H3,(H,14,15). The van der Waals surface area contributed by atoms with Crippen LogP contribution in [0.1, 0.15) is 13.8 Å². The molecule has 0 radical (unpaired) electrons. The van der Waals surface area contributed by atoms with Crippen molar-refractivity contribution in [3.63, 3.8) is 0 Å². The Hall–Kier alpha value is -1.23. The maximum atomic E-state index is 11.4. The highest BCUT2D eigenvalue weighted by molar-refractivity contribution is 9.10. The third-order valence-corrected chi connectivity index (χ3v) is 2.47. The van der Waals surface area contributed by atoms with Crippen LogP contribution in [-0.4, -0.2) is 12.7 Å². The van der Waals surface area contributed by atoms with E-state index in [4.69, 9.17) is 10.5 Å². The van der Waals surface area contributed by atoms with Crippen molar-refractivity contribution in [1.82, 2.24) is 0 Å². The summed E-state index contributed by atoms with van der Waals surface area (Å²) in [5.41, 5.74) is 6.80. The Labute approximate surface area is 103 Å². The molecule has 0 aromatic heterocycles. The fourth-order valence-electron chi connectivity index (χ4n) is 1.03. The van der Waals surface area contributed by atoms with Crippen molar-refractivity contribution in [2.45, 2.75) is 13.8 Å². The number of carbonyl (C=O) groups is 1. The van der Waals surface area contributed by atoms with Crippen LogP contribution < -0.4 is 11.1 Å². The molecule has 1 amide bonds. The first-order valence-corrected chi connectivity index (χ1v) is 5.77. The molecule has 0 aliphatic rings. The molecule has 0 aliphatic carbocycles. The Kier molecular flexibility index (Phi) is 4.61. The van der Waals surface area contributed by atoms with E-state index >= 15 is 0 Å². The van der Waals surface area contributed by atoms with Gasteiger partial charge in [-0.2, -0.15) is 0 Å². The summed E-state index contributed by atoms with van der Waals surface area (Å²) >= 11 is 3.31. The molecule has 1 aromatic rings. The molecule has 0 bridgehead atoms. The number of amides is 1. The fourth-order valence-corrected chi connectivity index (χ4v) is 1.37. The number of rotatable bonds is 3. The second-order valence-corrected chi connectivity index (χ2v) is 4.71. The molecule has 16 heavy (non-hydrogen) atoms. The smallest absolute Gasteiger partial charge is 0.411 e. The van der Waals surface area contributed by atoms with Crippen molar-refractivity contribution < 1.29 is 9.53 Å². The van der Waals surface area contributed by atoms with Crippen molar-refractivity contribution >= 4 is 33.4 Å². The molecule has 0 fully saturated rings. The highest BCUT2D eigenvalue weighted by Crippen LogP contribution is 2.24. The van der Waals surface area contributed by atoms with E-state index in [1.807, 2.05) is 13.8 Å². The summed E-state index contributed by atoms with van der Waals surface area (Å²) in [5.74, 6) is 0.315. The molecule has 0 aliphatic heterocycles. The average Bonchev–Trinajstić information content (AvgIpc) is 2.20. The predicted molar refractivity (Wildman–Crippen MR) is 68.4 cm³/mol. The maximum Gasteiger partial charge on any atom is 0.411 e. The number of benzene rings is 1. The van der Waals surface area contributed by atoms with E-state index in [1.54, 1.807) is 18.2 Å². The number of ether oxygens (including phenoxy) is 1. The largest absolute Gasteiger partial charge is 0.449 e. The number of hydrogen-bond donors (Lipinski definition) is 2. The molecule has 88 valence electrons. The first kappa shape index (κ1) is 12.8. The lowest BCUT2D eigenvalue weighted by Crippen LogP contribution is -2.16. The van der Waals surface area contributed by atoms with Crippen LogP contribution in [0.5, 0.6) is 0 Å². The Bertz CT molecular complexity index is 380. The van der Waals surface area contributed by atoms with Crippen LogP contribution >= 0.6 is 15.9 Å². The molecule has 0 heterocycles. The first-order valence-electron chi connectivity index (χ1n) is 4.98. The molecule has 3 N–H and O–H groups in total. The Morgan fingerprint density at radius 2 is 2.25 bits per heavy atom. The molecule has 1 aromatic carbocycles. The zero-order valence-corrected chi connectivity index (χ0v) is 10.9. The summed E-state index contributed by atoms with van der Waals surface area (Å²) in [6, 6.07) is 5.18. The Balaban J connectivity index is 2.59. The highest BCUT2D eigenvalue weighted by atomic mass is 79.9. The van der Waals surface area contributed by atoms with E-state index in [0.29, 0.717) is 23.9 Å². The van der Waals surface area contributed by atoms with E-state index in [2.05, 4.69) is 21.2 Å². The molecule has 1 rings (SSSR count). The third kappa shape index (κ3) is 4.10. The van der Waals surface area contributed by atoms with Gasteiger partial charge < -0.3 is 10.5 Å². The number of nitrogen functional groups attached to an aromatic ring is 1. The summed E-state index contributed by atoms with van der Waals surface area (Å²) < 4.78 is 5.76. The van der Waals surface area contributed by atoms with Gasteiger partial charge in [-0.3, -0.25) is 5.32 Å². The molecule has 4 nitrogen and oxygen atoms in total. The van der Waals surface area contributed by atoms with Crippen molar-refractivity contribution in [3.05, 3.63) is 22.7 Å². The van der Waals surface area contributed by atoms with Gasteiger partial charge in [0, 0.05) is 10.2 Å². The van der Waals surface area contributed by atoms with Crippen LogP contribution in [0.15, 0.2) is 22.7 Å². The van der Waals surface area contributed by atoms with E-state index in [-0.39, 0.29) is 0 Å². The van der Waals surface area contributed by atoms with E-state index in [0.717, 1.165) is 4.47 Å². The monoisotopic (exact) mass is 286 g/mol. The van der Waals surface area contributed by atoms with Crippen LogP contribution in [0.3, 0.4) is 0 Å². The van der Waals surface area contributed by atoms with Gasteiger partial charge in [-0.05, 0) is 40.0 Å². The summed E-state index contributed by atoms with van der Waals surface area (Å²) in [5, 5.41) is 2.62. The van der Waals surface area contributed by atoms with Crippen LogP contribution in [0, 0.1) is 5.92 Å². The summed E-state index contributed by atoms with van der Waals surface area (Å²) in [4.78, 5) is 11.4. The van der Waals surface area contributed by atoms with E-state index < -0.39 is 6.09 Å². The minimum absolute atomic E-state index is 0.315. The van der Waals surface area contributed by atoms with E-state index in [9.17, 15) is 4.79 Å². The highest BCUT2D eigenvalue weighted by Gasteiger charge is 2.07. The molecular weight excluding hydrogens is 272 g/mol. The summed E-state index contributed by atoms with van der Waals surface area (Å²) in [6.07, 6.45) is -0.472. The molecule has 0 atom stereocenters. The summed E-state index contributed by atoms with van der Waals surface area (Å²) in [7, 11) is 0. The molecule has 0 spiro atoms. The van der Waals surface area contributed by atoms with Crippen LogP contribution in [0.25, 0.3) is 0 Å². The van der Waals surface area contributed by atoms with Gasteiger partial charge in [-0.1, -0.05) is 13.8 Å². The van der Waals surface area contributed by atoms with Gasteiger partial charge in [-0.25, -0.2) is 4.79 Å². The Morgan fingerprint density at radius 1 is 1.56 bits per heavy atom. The topological polar surface area (TPSA) is 64.3 Å². The van der Waals surface area contributed by atoms with Crippen LogP contribution in [0.4, 0.5) is 16.2 Å². The molecule has 0 saturated carbocycles. The first-order chi connectivity index (χ1) is 7.49. The minimum Gasteiger partial charge on any atom is -0.449 e. The van der Waals surface area contributed by atoms with Crippen molar-refractivity contribution in [1.29, 1.82) is 0 Å². The van der Waals surface area contributed by atoms with Gasteiger partial charge >= 0.3 is 6.09 Å². The number of hydrogen-bond acceptors (Lipinski definition) is 3. The zero-order valence-electron chi connectivity index (χ0n) is 9.29. The maximum absolute atomic E-state index is 11.4. The lowest BCUT2D eigenvalue weighted by Gasteiger charge is -2.10. The molecule has 5 heteroatoms. The van der Waals surface area contributed by atoms with E-state index in [1.165, 1.54) is 0 Å². The third-order valence-electron chi connectivity index (χ3n) is 1.77. The van der Waals surface area contributed by atoms with Gasteiger partial charge in [0.25, 0.3) is 0 Å². The van der Waals surface area contributed by atoms with Crippen molar-refractivity contribution in [2.24, 2.45) is 5.92 Å². The second kappa shape index (κ2) is 5.75.